The maximum atomic E-state index is 2.50. The van der Waals surface area contributed by atoms with Crippen LogP contribution in [0.1, 0.15) is 38.7 Å². The van der Waals surface area contributed by atoms with Crippen LogP contribution in [0.4, 0.5) is 0 Å². The average Bonchev–Trinajstić information content (AvgIpc) is 2.60. The highest BCUT2D eigenvalue weighted by molar-refractivity contribution is 5.44. The molecule has 0 saturated heterocycles. The molecular formula is C21H24. The highest BCUT2D eigenvalue weighted by Gasteiger charge is 2.55. The summed E-state index contributed by atoms with van der Waals surface area (Å²) in [5.41, 5.74) is 5.15. The lowest BCUT2D eigenvalue weighted by molar-refractivity contribution is 0.169. The SMILES string of the molecule is CC1=CC[C@H]2[C@H]3C(=CC=C[C@H]3c3ccccc3)[C@@H]1C2(C)C. The first kappa shape index (κ1) is 13.1. The molecule has 0 spiro atoms. The maximum absolute atomic E-state index is 2.50. The van der Waals surface area contributed by atoms with Gasteiger partial charge in [0.2, 0.25) is 0 Å². The van der Waals surface area contributed by atoms with Crippen molar-refractivity contribution in [3.8, 4) is 0 Å². The van der Waals surface area contributed by atoms with Gasteiger partial charge in [0, 0.05) is 11.8 Å². The van der Waals surface area contributed by atoms with Gasteiger partial charge in [-0.2, -0.15) is 0 Å². The predicted molar refractivity (Wildman–Crippen MR) is 89.0 cm³/mol. The second kappa shape index (κ2) is 4.47. The fraction of sp³-hybridized carbons (Fsp3) is 0.429. The van der Waals surface area contributed by atoms with Crippen molar-refractivity contribution in [3.05, 3.63) is 71.3 Å². The summed E-state index contributed by atoms with van der Waals surface area (Å²) in [6, 6.07) is 11.1. The minimum absolute atomic E-state index is 0.397. The first-order valence-electron chi connectivity index (χ1n) is 8.20. The predicted octanol–water partition coefficient (Wildman–Crippen LogP) is 5.50. The Labute approximate surface area is 128 Å². The van der Waals surface area contributed by atoms with Gasteiger partial charge in [-0.25, -0.2) is 0 Å². The van der Waals surface area contributed by atoms with Crippen LogP contribution < -0.4 is 0 Å². The molecule has 2 bridgehead atoms. The van der Waals surface area contributed by atoms with Crippen molar-refractivity contribution >= 4 is 0 Å². The molecule has 0 heterocycles. The van der Waals surface area contributed by atoms with Crippen LogP contribution in [0.15, 0.2) is 65.8 Å². The Hall–Kier alpha value is -1.56. The van der Waals surface area contributed by atoms with E-state index < -0.39 is 0 Å². The Bertz CT molecular complexity index is 642. The molecule has 1 fully saturated rings. The first-order valence-corrected chi connectivity index (χ1v) is 8.20. The van der Waals surface area contributed by atoms with E-state index in [2.05, 4.69) is 75.4 Å². The number of hydrogen-bond acceptors (Lipinski definition) is 0. The standard InChI is InChI=1S/C21H24/c1-14-12-13-18-19-16(15-8-5-4-6-9-15)10-7-11-17(19)20(14)21(18,2)3/h4-12,16,18-20H,13H2,1-3H3/t16-,18-,19+,20+/m0/s1. The molecule has 1 aromatic rings. The van der Waals surface area contributed by atoms with Crippen molar-refractivity contribution in [2.24, 2.45) is 23.2 Å². The highest BCUT2D eigenvalue weighted by atomic mass is 14.6. The molecule has 0 aromatic heterocycles. The minimum Gasteiger partial charge on any atom is -0.0847 e. The van der Waals surface area contributed by atoms with Crippen LogP contribution in [-0.4, -0.2) is 0 Å². The van der Waals surface area contributed by atoms with E-state index in [0.29, 0.717) is 23.2 Å². The van der Waals surface area contributed by atoms with Gasteiger partial charge in [-0.15, -0.1) is 0 Å². The summed E-state index contributed by atoms with van der Waals surface area (Å²) in [7, 11) is 0. The summed E-state index contributed by atoms with van der Waals surface area (Å²) < 4.78 is 0. The monoisotopic (exact) mass is 276 g/mol. The van der Waals surface area contributed by atoms with Gasteiger partial charge in [-0.3, -0.25) is 0 Å². The van der Waals surface area contributed by atoms with Crippen LogP contribution in [0.25, 0.3) is 0 Å². The van der Waals surface area contributed by atoms with Gasteiger partial charge in [0.1, 0.15) is 0 Å². The molecule has 0 heteroatoms. The highest BCUT2D eigenvalue weighted by Crippen LogP contribution is 2.64. The van der Waals surface area contributed by atoms with E-state index in [0.717, 1.165) is 5.92 Å². The first-order chi connectivity index (χ1) is 10.1. The fourth-order valence-corrected chi connectivity index (χ4v) is 5.33. The van der Waals surface area contributed by atoms with Gasteiger partial charge in [0.05, 0.1) is 0 Å². The quantitative estimate of drug-likeness (QED) is 0.594. The van der Waals surface area contributed by atoms with E-state index in [-0.39, 0.29) is 0 Å². The van der Waals surface area contributed by atoms with Crippen molar-refractivity contribution in [2.45, 2.75) is 33.1 Å². The van der Waals surface area contributed by atoms with Crippen LogP contribution in [0, 0.1) is 23.2 Å². The molecule has 4 rings (SSSR count). The molecule has 0 N–H and O–H groups in total. The normalized spacial score (nSPS) is 36.0. The van der Waals surface area contributed by atoms with Crippen molar-refractivity contribution in [3.63, 3.8) is 0 Å². The summed E-state index contributed by atoms with van der Waals surface area (Å²) in [6.07, 6.45) is 10.9. The summed E-state index contributed by atoms with van der Waals surface area (Å²) >= 11 is 0. The third-order valence-corrected chi connectivity index (χ3v) is 6.18. The molecule has 0 unspecified atom stereocenters. The van der Waals surface area contributed by atoms with Gasteiger partial charge >= 0.3 is 0 Å². The Morgan fingerprint density at radius 2 is 1.86 bits per heavy atom. The number of rotatable bonds is 1. The van der Waals surface area contributed by atoms with E-state index in [9.17, 15) is 0 Å². The zero-order chi connectivity index (χ0) is 14.6. The Morgan fingerprint density at radius 3 is 2.62 bits per heavy atom. The summed E-state index contributed by atoms with van der Waals surface area (Å²) in [5, 5.41) is 0. The average molecular weight is 276 g/mol. The van der Waals surface area contributed by atoms with Crippen LogP contribution in [0.5, 0.6) is 0 Å². The molecule has 1 aromatic carbocycles. The lowest BCUT2D eigenvalue weighted by Gasteiger charge is -2.38. The van der Waals surface area contributed by atoms with E-state index in [1.807, 2.05) is 0 Å². The second-order valence-electron chi connectivity index (χ2n) is 7.56. The van der Waals surface area contributed by atoms with Gasteiger partial charge in [-0.1, -0.05) is 79.6 Å². The smallest absolute Gasteiger partial charge is 0.00899 e. The second-order valence-corrected chi connectivity index (χ2v) is 7.56. The van der Waals surface area contributed by atoms with Crippen LogP contribution in [-0.2, 0) is 0 Å². The Kier molecular flexibility index (Phi) is 2.79. The third kappa shape index (κ3) is 1.75. The van der Waals surface area contributed by atoms with E-state index in [4.69, 9.17) is 0 Å². The van der Waals surface area contributed by atoms with Gasteiger partial charge in [-0.05, 0) is 36.2 Å². The number of fused-ring (bicyclic) bond motifs is 5. The van der Waals surface area contributed by atoms with Crippen molar-refractivity contribution in [2.75, 3.05) is 0 Å². The zero-order valence-corrected chi connectivity index (χ0v) is 13.2. The summed E-state index contributed by atoms with van der Waals surface area (Å²) in [5.74, 6) is 2.66. The molecule has 0 amide bonds. The molecule has 21 heavy (non-hydrogen) atoms. The van der Waals surface area contributed by atoms with E-state index in [1.165, 1.54) is 12.0 Å². The van der Waals surface area contributed by atoms with E-state index in [1.54, 1.807) is 11.1 Å². The van der Waals surface area contributed by atoms with Crippen molar-refractivity contribution in [1.29, 1.82) is 0 Å². The fourth-order valence-electron chi connectivity index (χ4n) is 5.33. The topological polar surface area (TPSA) is 0 Å². The van der Waals surface area contributed by atoms with Gasteiger partial charge < -0.3 is 0 Å². The maximum Gasteiger partial charge on any atom is 0.00899 e. The molecule has 4 atom stereocenters. The summed E-state index contributed by atoms with van der Waals surface area (Å²) in [6.45, 7) is 7.31. The van der Waals surface area contributed by atoms with Gasteiger partial charge in [0.25, 0.3) is 0 Å². The van der Waals surface area contributed by atoms with Crippen LogP contribution in [0.3, 0.4) is 0 Å². The van der Waals surface area contributed by atoms with Crippen LogP contribution >= 0.6 is 0 Å². The zero-order valence-electron chi connectivity index (χ0n) is 13.2. The molecule has 108 valence electrons. The minimum atomic E-state index is 0.397. The lowest BCUT2D eigenvalue weighted by atomic mass is 9.66. The molecule has 3 aliphatic carbocycles. The van der Waals surface area contributed by atoms with Crippen molar-refractivity contribution in [1.82, 2.24) is 0 Å². The molecule has 0 aliphatic heterocycles. The van der Waals surface area contributed by atoms with Crippen LogP contribution in [0.2, 0.25) is 0 Å². The molecular weight excluding hydrogens is 252 g/mol. The molecule has 1 saturated carbocycles. The Morgan fingerprint density at radius 1 is 1.10 bits per heavy atom. The number of hydrogen-bond donors (Lipinski definition) is 0. The third-order valence-electron chi connectivity index (χ3n) is 6.18. The van der Waals surface area contributed by atoms with Crippen molar-refractivity contribution < 1.29 is 0 Å². The van der Waals surface area contributed by atoms with E-state index >= 15 is 0 Å². The molecule has 0 nitrogen and oxygen atoms in total. The molecule has 3 aliphatic rings. The Balaban J connectivity index is 1.82. The van der Waals surface area contributed by atoms with Gasteiger partial charge in [0.15, 0.2) is 0 Å². The number of allylic oxidation sites excluding steroid dienone is 6. The number of benzene rings is 1. The summed E-state index contributed by atoms with van der Waals surface area (Å²) in [4.78, 5) is 0. The lowest BCUT2D eigenvalue weighted by Crippen LogP contribution is -2.31. The largest absolute Gasteiger partial charge is 0.0847 e. The molecule has 0 radical (unpaired) electrons.